The maximum Gasteiger partial charge on any atom is 0.145 e. The molecule has 158 valence electrons. The molecular formula is C27H21ClN2O2. The van der Waals surface area contributed by atoms with Gasteiger partial charge in [0.15, 0.2) is 0 Å². The number of para-hydroxylation sites is 1. The fourth-order valence-corrected chi connectivity index (χ4v) is 3.87. The van der Waals surface area contributed by atoms with Crippen molar-refractivity contribution in [3.63, 3.8) is 0 Å². The maximum atomic E-state index is 10.5. The number of halogens is 1. The van der Waals surface area contributed by atoms with E-state index < -0.39 is 0 Å². The van der Waals surface area contributed by atoms with Crippen LogP contribution in [0.4, 0.5) is 0 Å². The lowest BCUT2D eigenvalue weighted by Gasteiger charge is -2.11. The number of imidazole rings is 1. The van der Waals surface area contributed by atoms with Crippen molar-refractivity contribution in [1.29, 1.82) is 0 Å². The van der Waals surface area contributed by atoms with E-state index in [4.69, 9.17) is 21.3 Å². The molecule has 0 saturated heterocycles. The standard InChI is InChI=1S/C27H21ClN2O2/c28-21-12-10-19(11-13-21)17-30-25-15-14-22(32-18-20-6-2-1-3-7-20)16-24(25)29-27(30)23-8-4-5-9-26(23)31/h1-16,31H,17-18H2. The fourth-order valence-electron chi connectivity index (χ4n) is 3.74. The molecule has 0 bridgehead atoms. The molecule has 0 spiro atoms. The number of aromatic nitrogens is 2. The van der Waals surface area contributed by atoms with Gasteiger partial charge in [0.05, 0.1) is 16.6 Å². The van der Waals surface area contributed by atoms with Gasteiger partial charge in [0, 0.05) is 17.6 Å². The topological polar surface area (TPSA) is 47.3 Å². The van der Waals surface area contributed by atoms with Gasteiger partial charge in [0.2, 0.25) is 0 Å². The average Bonchev–Trinajstić information content (AvgIpc) is 3.17. The molecule has 0 atom stereocenters. The van der Waals surface area contributed by atoms with Crippen LogP contribution in [-0.2, 0) is 13.2 Å². The largest absolute Gasteiger partial charge is 0.507 e. The Morgan fingerprint density at radius 1 is 0.812 bits per heavy atom. The van der Waals surface area contributed by atoms with Gasteiger partial charge in [-0.3, -0.25) is 0 Å². The van der Waals surface area contributed by atoms with Crippen molar-refractivity contribution in [2.24, 2.45) is 0 Å². The minimum absolute atomic E-state index is 0.195. The molecule has 32 heavy (non-hydrogen) atoms. The van der Waals surface area contributed by atoms with Crippen molar-refractivity contribution >= 4 is 22.6 Å². The molecule has 5 heteroatoms. The number of benzene rings is 4. The lowest BCUT2D eigenvalue weighted by Crippen LogP contribution is -2.02. The molecule has 0 saturated carbocycles. The highest BCUT2D eigenvalue weighted by Gasteiger charge is 2.16. The number of nitrogens with zero attached hydrogens (tertiary/aromatic N) is 2. The predicted molar refractivity (Wildman–Crippen MR) is 128 cm³/mol. The summed E-state index contributed by atoms with van der Waals surface area (Å²) in [6.45, 7) is 1.09. The van der Waals surface area contributed by atoms with Crippen LogP contribution in [0.3, 0.4) is 0 Å². The van der Waals surface area contributed by atoms with Crippen LogP contribution in [-0.4, -0.2) is 14.7 Å². The summed E-state index contributed by atoms with van der Waals surface area (Å²) in [5.74, 6) is 1.65. The third kappa shape index (κ3) is 4.18. The van der Waals surface area contributed by atoms with Gasteiger partial charge in [-0.05, 0) is 47.5 Å². The number of ether oxygens (including phenoxy) is 1. The molecule has 0 radical (unpaired) electrons. The zero-order chi connectivity index (χ0) is 21.9. The van der Waals surface area contributed by atoms with Crippen molar-refractivity contribution in [3.8, 4) is 22.9 Å². The molecular weight excluding hydrogens is 420 g/mol. The fraction of sp³-hybridized carbons (Fsp3) is 0.0741. The lowest BCUT2D eigenvalue weighted by atomic mass is 10.1. The Morgan fingerprint density at radius 2 is 1.56 bits per heavy atom. The van der Waals surface area contributed by atoms with Crippen molar-refractivity contribution in [2.75, 3.05) is 0 Å². The second-order valence-electron chi connectivity index (χ2n) is 7.59. The maximum absolute atomic E-state index is 10.5. The lowest BCUT2D eigenvalue weighted by molar-refractivity contribution is 0.306. The van der Waals surface area contributed by atoms with Crippen LogP contribution < -0.4 is 4.74 Å². The van der Waals surface area contributed by atoms with Crippen LogP contribution in [0.2, 0.25) is 5.02 Å². The normalized spacial score (nSPS) is 11.0. The predicted octanol–water partition coefficient (Wildman–Crippen LogP) is 6.69. The molecule has 0 aliphatic heterocycles. The Kier molecular flexibility index (Phi) is 5.53. The van der Waals surface area contributed by atoms with Gasteiger partial charge in [-0.15, -0.1) is 0 Å². The Hall–Kier alpha value is -3.76. The second-order valence-corrected chi connectivity index (χ2v) is 8.03. The number of fused-ring (bicyclic) bond motifs is 1. The van der Waals surface area contributed by atoms with E-state index in [2.05, 4.69) is 4.57 Å². The van der Waals surface area contributed by atoms with Crippen molar-refractivity contribution in [1.82, 2.24) is 9.55 Å². The molecule has 0 aliphatic rings. The van der Waals surface area contributed by atoms with Crippen molar-refractivity contribution < 1.29 is 9.84 Å². The van der Waals surface area contributed by atoms with E-state index in [-0.39, 0.29) is 5.75 Å². The molecule has 0 unspecified atom stereocenters. The first kappa shape index (κ1) is 20.2. The van der Waals surface area contributed by atoms with E-state index in [1.165, 1.54) is 0 Å². The van der Waals surface area contributed by atoms with Crippen LogP contribution in [0.15, 0.2) is 97.1 Å². The summed E-state index contributed by atoms with van der Waals surface area (Å²) >= 11 is 6.06. The number of aromatic hydroxyl groups is 1. The van der Waals surface area contributed by atoms with Crippen LogP contribution in [0.1, 0.15) is 11.1 Å². The van der Waals surface area contributed by atoms with Gasteiger partial charge in [-0.1, -0.05) is 66.2 Å². The molecule has 1 N–H and O–H groups in total. The second kappa shape index (κ2) is 8.77. The van der Waals surface area contributed by atoms with Gasteiger partial charge in [0.25, 0.3) is 0 Å². The molecule has 4 aromatic carbocycles. The van der Waals surface area contributed by atoms with Crippen molar-refractivity contribution in [2.45, 2.75) is 13.2 Å². The van der Waals surface area contributed by atoms with Gasteiger partial charge in [-0.25, -0.2) is 4.98 Å². The highest BCUT2D eigenvalue weighted by atomic mass is 35.5. The van der Waals surface area contributed by atoms with Crippen LogP contribution in [0.5, 0.6) is 11.5 Å². The summed E-state index contributed by atoms with van der Waals surface area (Å²) in [4.78, 5) is 4.87. The first-order chi connectivity index (χ1) is 15.7. The monoisotopic (exact) mass is 440 g/mol. The molecule has 0 amide bonds. The molecule has 1 aromatic heterocycles. The molecule has 1 heterocycles. The SMILES string of the molecule is Oc1ccccc1-c1nc2cc(OCc3ccccc3)ccc2n1Cc1ccc(Cl)cc1. The summed E-state index contributed by atoms with van der Waals surface area (Å²) in [6, 6.07) is 31.0. The Labute approximate surface area is 191 Å². The number of hydrogen-bond donors (Lipinski definition) is 1. The smallest absolute Gasteiger partial charge is 0.145 e. The zero-order valence-corrected chi connectivity index (χ0v) is 18.0. The summed E-state index contributed by atoms with van der Waals surface area (Å²) in [7, 11) is 0. The van der Waals surface area contributed by atoms with Crippen LogP contribution >= 0.6 is 11.6 Å². The Bertz CT molecular complexity index is 1360. The minimum atomic E-state index is 0.195. The first-order valence-corrected chi connectivity index (χ1v) is 10.7. The first-order valence-electron chi connectivity index (χ1n) is 10.4. The number of phenolic OH excluding ortho intramolecular Hbond substituents is 1. The average molecular weight is 441 g/mol. The molecule has 0 aliphatic carbocycles. The van der Waals surface area contributed by atoms with E-state index >= 15 is 0 Å². The van der Waals surface area contributed by atoms with Gasteiger partial charge >= 0.3 is 0 Å². The Balaban J connectivity index is 1.55. The summed E-state index contributed by atoms with van der Waals surface area (Å²) in [6.07, 6.45) is 0. The zero-order valence-electron chi connectivity index (χ0n) is 17.3. The van der Waals surface area contributed by atoms with Gasteiger partial charge in [0.1, 0.15) is 23.9 Å². The number of phenols is 1. The van der Waals surface area contributed by atoms with Gasteiger partial charge in [-0.2, -0.15) is 0 Å². The number of rotatable bonds is 6. The van der Waals surface area contributed by atoms with E-state index in [0.717, 1.165) is 27.9 Å². The molecule has 0 fully saturated rings. The van der Waals surface area contributed by atoms with Crippen molar-refractivity contribution in [3.05, 3.63) is 113 Å². The van der Waals surface area contributed by atoms with E-state index in [1.807, 2.05) is 84.9 Å². The molecule has 4 nitrogen and oxygen atoms in total. The van der Waals surface area contributed by atoms with E-state index in [1.54, 1.807) is 12.1 Å². The van der Waals surface area contributed by atoms with E-state index in [0.29, 0.717) is 29.6 Å². The highest BCUT2D eigenvalue weighted by Crippen LogP contribution is 2.33. The summed E-state index contributed by atoms with van der Waals surface area (Å²) in [5, 5.41) is 11.2. The minimum Gasteiger partial charge on any atom is -0.507 e. The third-order valence-corrected chi connectivity index (χ3v) is 5.62. The van der Waals surface area contributed by atoms with Gasteiger partial charge < -0.3 is 14.4 Å². The quantitative estimate of drug-likeness (QED) is 0.320. The molecule has 5 aromatic rings. The summed E-state index contributed by atoms with van der Waals surface area (Å²) < 4.78 is 8.10. The molecule has 5 rings (SSSR count). The Morgan fingerprint density at radius 3 is 2.34 bits per heavy atom. The third-order valence-electron chi connectivity index (χ3n) is 5.37. The number of hydrogen-bond acceptors (Lipinski definition) is 3. The van der Waals surface area contributed by atoms with Crippen LogP contribution in [0, 0.1) is 0 Å². The van der Waals surface area contributed by atoms with Crippen LogP contribution in [0.25, 0.3) is 22.4 Å². The summed E-state index contributed by atoms with van der Waals surface area (Å²) in [5.41, 5.74) is 4.66. The van der Waals surface area contributed by atoms with E-state index in [9.17, 15) is 5.11 Å². The highest BCUT2D eigenvalue weighted by molar-refractivity contribution is 6.30.